The summed E-state index contributed by atoms with van der Waals surface area (Å²) in [5.74, 6) is 1.19. The van der Waals surface area contributed by atoms with Gasteiger partial charge in [-0.3, -0.25) is 9.89 Å². The Morgan fingerprint density at radius 2 is 1.68 bits per heavy atom. The van der Waals surface area contributed by atoms with Gasteiger partial charge in [0.15, 0.2) is 11.3 Å². The van der Waals surface area contributed by atoms with Crippen LogP contribution in [-0.4, -0.2) is 29.9 Å². The van der Waals surface area contributed by atoms with Crippen LogP contribution >= 0.6 is 0 Å². The van der Waals surface area contributed by atoms with Gasteiger partial charge in [-0.25, -0.2) is 9.97 Å². The molecule has 3 heterocycles. The van der Waals surface area contributed by atoms with Crippen molar-refractivity contribution in [2.45, 2.75) is 34.2 Å². The molecule has 3 aromatic heterocycles. The maximum Gasteiger partial charge on any atom is 0.273 e. The summed E-state index contributed by atoms with van der Waals surface area (Å²) < 4.78 is 1.35. The molecule has 0 spiro atoms. The molecule has 4 rings (SSSR count). The van der Waals surface area contributed by atoms with Gasteiger partial charge in [0, 0.05) is 18.5 Å². The van der Waals surface area contributed by atoms with Crippen molar-refractivity contribution >= 4 is 16.9 Å². The number of nitrogens with one attached hydrogen (secondary N) is 2. The van der Waals surface area contributed by atoms with E-state index < -0.39 is 0 Å². The highest BCUT2D eigenvalue weighted by molar-refractivity contribution is 5.85. The van der Waals surface area contributed by atoms with Crippen LogP contribution < -0.4 is 10.9 Å². The molecule has 0 bridgehead atoms. The third-order valence-corrected chi connectivity index (χ3v) is 3.48. The lowest BCUT2D eigenvalue weighted by molar-refractivity contribution is 0.831. The van der Waals surface area contributed by atoms with E-state index in [1.165, 1.54) is 10.7 Å². The van der Waals surface area contributed by atoms with Gasteiger partial charge in [0.25, 0.3) is 5.56 Å². The summed E-state index contributed by atoms with van der Waals surface area (Å²) in [7, 11) is 0. The molecule has 146 valence electrons. The summed E-state index contributed by atoms with van der Waals surface area (Å²) in [4.78, 5) is 20.5. The lowest BCUT2D eigenvalue weighted by atomic mass is 10.3. The summed E-state index contributed by atoms with van der Waals surface area (Å²) in [6.07, 6.45) is 3.36. The molecule has 0 unspecified atom stereocenters. The minimum Gasteiger partial charge on any atom is -0.359 e. The van der Waals surface area contributed by atoms with Gasteiger partial charge in [-0.15, -0.1) is 0 Å². The molecule has 0 radical (unpaired) electrons. The van der Waals surface area contributed by atoms with Crippen molar-refractivity contribution in [1.29, 1.82) is 0 Å². The van der Waals surface area contributed by atoms with Crippen LogP contribution in [0.3, 0.4) is 0 Å². The molecule has 0 aliphatic carbocycles. The SMILES string of the molecule is CC.CC.O=c1cc2[nH]nc(NCc3ncccn3)c2nn1-c1ccccc1. The number of aromatic nitrogens is 6. The molecular formula is C20H25N7O. The topological polar surface area (TPSA) is 101 Å². The molecule has 0 saturated carbocycles. The monoisotopic (exact) mass is 379 g/mol. The minimum absolute atomic E-state index is 0.227. The number of fused-ring (bicyclic) bond motifs is 1. The molecule has 8 heteroatoms. The number of rotatable bonds is 4. The minimum atomic E-state index is -0.227. The first-order valence-corrected chi connectivity index (χ1v) is 9.35. The first-order chi connectivity index (χ1) is 13.8. The normalized spacial score (nSPS) is 9.71. The number of aromatic amines is 1. The van der Waals surface area contributed by atoms with Crippen LogP contribution in [0, 0.1) is 0 Å². The molecule has 4 aromatic rings. The first kappa shape index (κ1) is 20.8. The molecular weight excluding hydrogens is 354 g/mol. The number of hydrogen-bond donors (Lipinski definition) is 2. The molecule has 28 heavy (non-hydrogen) atoms. The van der Waals surface area contributed by atoms with E-state index in [2.05, 4.69) is 30.6 Å². The molecule has 0 fully saturated rings. The fourth-order valence-corrected chi connectivity index (χ4v) is 2.35. The van der Waals surface area contributed by atoms with Crippen molar-refractivity contribution in [3.63, 3.8) is 0 Å². The van der Waals surface area contributed by atoms with Crippen LogP contribution in [0.25, 0.3) is 16.7 Å². The number of H-pyrrole nitrogens is 1. The van der Waals surface area contributed by atoms with Gasteiger partial charge in [-0.2, -0.15) is 14.9 Å². The van der Waals surface area contributed by atoms with Crippen LogP contribution in [0.1, 0.15) is 33.5 Å². The van der Waals surface area contributed by atoms with E-state index in [1.807, 2.05) is 58.0 Å². The number of benzene rings is 1. The average molecular weight is 379 g/mol. The van der Waals surface area contributed by atoms with Gasteiger partial charge >= 0.3 is 0 Å². The molecule has 8 nitrogen and oxygen atoms in total. The van der Waals surface area contributed by atoms with Gasteiger partial charge in [-0.1, -0.05) is 45.9 Å². The van der Waals surface area contributed by atoms with E-state index >= 15 is 0 Å². The Kier molecular flexibility index (Phi) is 7.83. The third-order valence-electron chi connectivity index (χ3n) is 3.48. The van der Waals surface area contributed by atoms with Gasteiger partial charge in [0.05, 0.1) is 17.7 Å². The molecule has 0 aliphatic heterocycles. The van der Waals surface area contributed by atoms with Crippen molar-refractivity contribution in [2.24, 2.45) is 0 Å². The Morgan fingerprint density at radius 1 is 1.00 bits per heavy atom. The predicted octanol–water partition coefficient (Wildman–Crippen LogP) is 3.56. The number of nitrogens with zero attached hydrogens (tertiary/aromatic N) is 5. The second kappa shape index (κ2) is 10.6. The Balaban J connectivity index is 0.000000660. The predicted molar refractivity (Wildman–Crippen MR) is 112 cm³/mol. The molecule has 2 N–H and O–H groups in total. The average Bonchev–Trinajstić information content (AvgIpc) is 3.17. The van der Waals surface area contributed by atoms with Crippen LogP contribution in [0.4, 0.5) is 5.82 Å². The van der Waals surface area contributed by atoms with Crippen molar-refractivity contribution in [3.05, 3.63) is 71.0 Å². The van der Waals surface area contributed by atoms with Gasteiger partial charge in [0.2, 0.25) is 0 Å². The zero-order valence-electron chi connectivity index (χ0n) is 16.5. The highest BCUT2D eigenvalue weighted by Crippen LogP contribution is 2.17. The van der Waals surface area contributed by atoms with Gasteiger partial charge in [-0.05, 0) is 18.2 Å². The lowest BCUT2D eigenvalue weighted by Crippen LogP contribution is -2.20. The molecule has 0 amide bonds. The maximum atomic E-state index is 12.2. The summed E-state index contributed by atoms with van der Waals surface area (Å²) in [5, 5.41) is 14.6. The second-order valence-corrected chi connectivity index (χ2v) is 5.08. The zero-order valence-corrected chi connectivity index (χ0v) is 16.5. The number of anilines is 1. The zero-order chi connectivity index (χ0) is 20.4. The van der Waals surface area contributed by atoms with E-state index in [4.69, 9.17) is 0 Å². The van der Waals surface area contributed by atoms with Crippen LogP contribution in [0.5, 0.6) is 0 Å². The van der Waals surface area contributed by atoms with E-state index in [1.54, 1.807) is 18.5 Å². The van der Waals surface area contributed by atoms with Crippen LogP contribution in [0.15, 0.2) is 59.7 Å². The molecule has 0 saturated heterocycles. The first-order valence-electron chi connectivity index (χ1n) is 9.35. The quantitative estimate of drug-likeness (QED) is 0.562. The summed E-state index contributed by atoms with van der Waals surface area (Å²) in [5.41, 5.74) is 1.62. The van der Waals surface area contributed by atoms with Crippen LogP contribution in [0.2, 0.25) is 0 Å². The van der Waals surface area contributed by atoms with E-state index in [9.17, 15) is 4.79 Å². The molecule has 0 atom stereocenters. The second-order valence-electron chi connectivity index (χ2n) is 5.08. The summed E-state index contributed by atoms with van der Waals surface area (Å²) in [6, 6.07) is 12.5. The molecule has 0 aliphatic rings. The Labute approximate surface area is 163 Å². The highest BCUT2D eigenvalue weighted by Gasteiger charge is 2.11. The molecule has 1 aromatic carbocycles. The fraction of sp³-hybridized carbons (Fsp3) is 0.250. The fourth-order valence-electron chi connectivity index (χ4n) is 2.35. The summed E-state index contributed by atoms with van der Waals surface area (Å²) in [6.45, 7) is 8.41. The van der Waals surface area contributed by atoms with E-state index in [-0.39, 0.29) is 5.56 Å². The Bertz CT molecular complexity index is 1030. The van der Waals surface area contributed by atoms with Crippen molar-refractivity contribution in [1.82, 2.24) is 29.9 Å². The Hall–Kier alpha value is -3.55. The Morgan fingerprint density at radius 3 is 2.36 bits per heavy atom. The van der Waals surface area contributed by atoms with Crippen LogP contribution in [-0.2, 0) is 6.54 Å². The number of para-hydroxylation sites is 1. The van der Waals surface area contributed by atoms with E-state index in [0.717, 1.165) is 0 Å². The lowest BCUT2D eigenvalue weighted by Gasteiger charge is -2.05. The number of hydrogen-bond acceptors (Lipinski definition) is 6. The van der Waals surface area contributed by atoms with Crippen molar-refractivity contribution in [2.75, 3.05) is 5.32 Å². The smallest absolute Gasteiger partial charge is 0.273 e. The maximum absolute atomic E-state index is 12.2. The third kappa shape index (κ3) is 4.79. The van der Waals surface area contributed by atoms with E-state index in [0.29, 0.717) is 34.9 Å². The van der Waals surface area contributed by atoms with Crippen molar-refractivity contribution < 1.29 is 0 Å². The van der Waals surface area contributed by atoms with Gasteiger partial charge in [0.1, 0.15) is 5.82 Å². The van der Waals surface area contributed by atoms with Gasteiger partial charge < -0.3 is 5.32 Å². The standard InChI is InChI=1S/C16H13N7O.2C2H6/c24-14-9-12-15(22-23(14)11-5-2-1-3-6-11)16(21-20-12)19-10-13-17-7-4-8-18-13;2*1-2/h1-9,20H,10H2,(H,19,21);2*1-2H3. The summed E-state index contributed by atoms with van der Waals surface area (Å²) >= 11 is 0. The highest BCUT2D eigenvalue weighted by atomic mass is 16.1. The van der Waals surface area contributed by atoms with Crippen molar-refractivity contribution in [3.8, 4) is 5.69 Å². The largest absolute Gasteiger partial charge is 0.359 e.